The van der Waals surface area contributed by atoms with Crippen molar-refractivity contribution in [3.63, 3.8) is 0 Å². The minimum Gasteiger partial charge on any atom is -0.277 e. The van der Waals surface area contributed by atoms with Crippen LogP contribution in [0.5, 0.6) is 0 Å². The lowest BCUT2D eigenvalue weighted by molar-refractivity contribution is 0.593. The highest BCUT2D eigenvalue weighted by Gasteiger charge is 2.16. The molecule has 0 heterocycles. The van der Waals surface area contributed by atoms with Crippen LogP contribution in [0, 0.1) is 18.6 Å². The van der Waals surface area contributed by atoms with E-state index in [4.69, 9.17) is 0 Å². The Morgan fingerprint density at radius 2 is 1.79 bits per heavy atom. The number of hydrogen-bond acceptors (Lipinski definition) is 2. The molecule has 0 unspecified atom stereocenters. The van der Waals surface area contributed by atoms with E-state index >= 15 is 0 Å². The summed E-state index contributed by atoms with van der Waals surface area (Å²) < 4.78 is 52.6. The SMILES string of the molecule is Cc1ccc(NS(=O)(=O)c2cccc(F)c2)c(F)c1. The van der Waals surface area contributed by atoms with Crippen molar-refractivity contribution < 1.29 is 17.2 Å². The van der Waals surface area contributed by atoms with Gasteiger partial charge in [-0.25, -0.2) is 17.2 Å². The molecule has 0 atom stereocenters. The Morgan fingerprint density at radius 3 is 2.42 bits per heavy atom. The highest BCUT2D eigenvalue weighted by molar-refractivity contribution is 7.92. The maximum atomic E-state index is 13.6. The molecule has 0 bridgehead atoms. The number of anilines is 1. The van der Waals surface area contributed by atoms with Gasteiger partial charge in [-0.15, -0.1) is 0 Å². The van der Waals surface area contributed by atoms with Crippen LogP contribution in [0.25, 0.3) is 0 Å². The van der Waals surface area contributed by atoms with E-state index in [0.717, 1.165) is 12.1 Å². The van der Waals surface area contributed by atoms with Crippen LogP contribution >= 0.6 is 0 Å². The van der Waals surface area contributed by atoms with Crippen molar-refractivity contribution in [1.82, 2.24) is 0 Å². The molecule has 100 valence electrons. The summed E-state index contributed by atoms with van der Waals surface area (Å²) in [6.45, 7) is 1.69. The molecule has 2 aromatic rings. The summed E-state index contributed by atoms with van der Waals surface area (Å²) >= 11 is 0. The summed E-state index contributed by atoms with van der Waals surface area (Å²) in [5.74, 6) is -1.35. The van der Waals surface area contributed by atoms with Gasteiger partial charge in [0, 0.05) is 0 Å². The second-order valence-electron chi connectivity index (χ2n) is 4.05. The van der Waals surface area contributed by atoms with Gasteiger partial charge in [-0.1, -0.05) is 12.1 Å². The maximum absolute atomic E-state index is 13.6. The number of nitrogens with one attached hydrogen (secondary N) is 1. The first-order chi connectivity index (χ1) is 8.88. The molecule has 19 heavy (non-hydrogen) atoms. The number of sulfonamides is 1. The molecule has 3 nitrogen and oxygen atoms in total. The first-order valence-corrected chi connectivity index (χ1v) is 6.91. The molecule has 0 saturated carbocycles. The summed E-state index contributed by atoms with van der Waals surface area (Å²) in [5, 5.41) is 0. The monoisotopic (exact) mass is 283 g/mol. The normalized spacial score (nSPS) is 11.3. The molecule has 0 amide bonds. The van der Waals surface area contributed by atoms with Gasteiger partial charge in [0.2, 0.25) is 0 Å². The van der Waals surface area contributed by atoms with Crippen molar-refractivity contribution >= 4 is 15.7 Å². The average Bonchev–Trinajstić information content (AvgIpc) is 2.33. The van der Waals surface area contributed by atoms with Gasteiger partial charge in [0.1, 0.15) is 11.6 Å². The van der Waals surface area contributed by atoms with Crippen molar-refractivity contribution in [3.8, 4) is 0 Å². The summed E-state index contributed by atoms with van der Waals surface area (Å²) in [4.78, 5) is -0.257. The minimum atomic E-state index is -4.00. The number of aryl methyl sites for hydroxylation is 1. The molecule has 0 saturated heterocycles. The van der Waals surface area contributed by atoms with Gasteiger partial charge in [-0.2, -0.15) is 0 Å². The molecule has 1 N–H and O–H groups in total. The quantitative estimate of drug-likeness (QED) is 0.941. The zero-order valence-electron chi connectivity index (χ0n) is 10.0. The van der Waals surface area contributed by atoms with E-state index in [1.54, 1.807) is 13.0 Å². The fourth-order valence-corrected chi connectivity index (χ4v) is 2.64. The second kappa shape index (κ2) is 4.97. The number of hydrogen-bond donors (Lipinski definition) is 1. The third-order valence-corrected chi connectivity index (χ3v) is 3.84. The Balaban J connectivity index is 2.36. The highest BCUT2D eigenvalue weighted by atomic mass is 32.2. The first-order valence-electron chi connectivity index (χ1n) is 5.43. The summed E-state index contributed by atoms with van der Waals surface area (Å²) in [6.07, 6.45) is 0. The fourth-order valence-electron chi connectivity index (χ4n) is 1.54. The van der Waals surface area contributed by atoms with E-state index in [1.807, 2.05) is 0 Å². The van der Waals surface area contributed by atoms with Gasteiger partial charge in [0.05, 0.1) is 10.6 Å². The number of benzene rings is 2. The highest BCUT2D eigenvalue weighted by Crippen LogP contribution is 2.20. The molecule has 2 rings (SSSR count). The predicted octanol–water partition coefficient (Wildman–Crippen LogP) is 3.07. The molecule has 2 aromatic carbocycles. The van der Waals surface area contributed by atoms with Crippen molar-refractivity contribution in [2.45, 2.75) is 11.8 Å². The molecule has 0 aliphatic carbocycles. The molecule has 0 radical (unpaired) electrons. The van der Waals surface area contributed by atoms with Gasteiger partial charge in [0.15, 0.2) is 0 Å². The summed E-state index contributed by atoms with van der Waals surface area (Å²) in [5.41, 5.74) is 0.501. The van der Waals surface area contributed by atoms with Gasteiger partial charge >= 0.3 is 0 Å². The van der Waals surface area contributed by atoms with Crippen LogP contribution < -0.4 is 4.72 Å². The molecular weight excluding hydrogens is 272 g/mol. The number of rotatable bonds is 3. The lowest BCUT2D eigenvalue weighted by Gasteiger charge is -2.09. The average molecular weight is 283 g/mol. The molecule has 6 heteroatoms. The third kappa shape index (κ3) is 3.08. The van der Waals surface area contributed by atoms with Crippen LogP contribution in [0.1, 0.15) is 5.56 Å². The first kappa shape index (κ1) is 13.5. The lowest BCUT2D eigenvalue weighted by Crippen LogP contribution is -2.14. The van der Waals surface area contributed by atoms with Crippen LogP contribution in [0.4, 0.5) is 14.5 Å². The van der Waals surface area contributed by atoms with Crippen molar-refractivity contribution in [1.29, 1.82) is 0 Å². The smallest absolute Gasteiger partial charge is 0.262 e. The summed E-state index contributed by atoms with van der Waals surface area (Å²) in [7, 11) is -4.00. The Morgan fingerprint density at radius 1 is 1.05 bits per heavy atom. The topological polar surface area (TPSA) is 46.2 Å². The van der Waals surface area contributed by atoms with E-state index in [0.29, 0.717) is 5.56 Å². The lowest BCUT2D eigenvalue weighted by atomic mass is 10.2. The van der Waals surface area contributed by atoms with E-state index in [9.17, 15) is 17.2 Å². The van der Waals surface area contributed by atoms with E-state index in [-0.39, 0.29) is 10.6 Å². The van der Waals surface area contributed by atoms with Gasteiger partial charge in [-0.3, -0.25) is 4.72 Å². The summed E-state index contributed by atoms with van der Waals surface area (Å²) in [6, 6.07) is 8.62. The van der Waals surface area contributed by atoms with Gasteiger partial charge in [-0.05, 0) is 42.8 Å². The second-order valence-corrected chi connectivity index (χ2v) is 5.73. The predicted molar refractivity (Wildman–Crippen MR) is 68.3 cm³/mol. The van der Waals surface area contributed by atoms with E-state index in [2.05, 4.69) is 4.72 Å². The molecule has 0 aliphatic heterocycles. The largest absolute Gasteiger partial charge is 0.277 e. The van der Waals surface area contributed by atoms with Gasteiger partial charge in [0.25, 0.3) is 10.0 Å². The van der Waals surface area contributed by atoms with E-state index < -0.39 is 21.7 Å². The zero-order valence-corrected chi connectivity index (χ0v) is 10.8. The Bertz CT molecular complexity index is 714. The van der Waals surface area contributed by atoms with Crippen LogP contribution in [0.15, 0.2) is 47.4 Å². The molecule has 0 aromatic heterocycles. The standard InChI is InChI=1S/C13H11F2NO2S/c1-9-5-6-13(12(15)7-9)16-19(17,18)11-4-2-3-10(14)8-11/h2-8,16H,1H3. The Hall–Kier alpha value is -1.95. The fraction of sp³-hybridized carbons (Fsp3) is 0.0769. The molecular formula is C13H11F2NO2S. The molecule has 0 spiro atoms. The zero-order chi connectivity index (χ0) is 14.0. The van der Waals surface area contributed by atoms with E-state index in [1.165, 1.54) is 24.3 Å². The Kier molecular flexibility index (Phi) is 3.53. The van der Waals surface area contributed by atoms with Gasteiger partial charge < -0.3 is 0 Å². The van der Waals surface area contributed by atoms with Crippen molar-refractivity contribution in [3.05, 3.63) is 59.7 Å². The molecule has 0 fully saturated rings. The minimum absolute atomic E-state index is 0.171. The van der Waals surface area contributed by atoms with Crippen LogP contribution in [0.2, 0.25) is 0 Å². The van der Waals surface area contributed by atoms with Crippen LogP contribution in [-0.4, -0.2) is 8.42 Å². The third-order valence-electron chi connectivity index (χ3n) is 2.48. The van der Waals surface area contributed by atoms with Crippen LogP contribution in [-0.2, 0) is 10.0 Å². The van der Waals surface area contributed by atoms with Crippen molar-refractivity contribution in [2.75, 3.05) is 4.72 Å². The van der Waals surface area contributed by atoms with Crippen molar-refractivity contribution in [2.24, 2.45) is 0 Å². The maximum Gasteiger partial charge on any atom is 0.262 e. The Labute approximate surface area is 109 Å². The number of halogens is 2. The molecule has 0 aliphatic rings. The van der Waals surface area contributed by atoms with Crippen LogP contribution in [0.3, 0.4) is 0 Å².